The van der Waals surface area contributed by atoms with Crippen molar-refractivity contribution in [2.75, 3.05) is 16.8 Å². The number of amides is 2. The molecule has 2 aromatic carbocycles. The van der Waals surface area contributed by atoms with Gasteiger partial charge in [0.05, 0.1) is 11.8 Å². The average molecular weight is 374 g/mol. The Labute approximate surface area is 166 Å². The fourth-order valence-corrected chi connectivity index (χ4v) is 4.35. The molecule has 1 aliphatic heterocycles. The monoisotopic (exact) mass is 374 g/mol. The van der Waals surface area contributed by atoms with Crippen molar-refractivity contribution in [1.82, 2.24) is 0 Å². The van der Waals surface area contributed by atoms with Gasteiger partial charge in [-0.3, -0.25) is 9.59 Å². The summed E-state index contributed by atoms with van der Waals surface area (Å²) in [5, 5.41) is 3.04. The Bertz CT molecular complexity index is 919. The smallest absolute Gasteiger partial charge is 0.231 e. The van der Waals surface area contributed by atoms with Crippen molar-refractivity contribution in [3.05, 3.63) is 71.8 Å². The largest absolute Gasteiger partial charge is 0.326 e. The molecule has 0 radical (unpaired) electrons. The zero-order valence-electron chi connectivity index (χ0n) is 16.4. The number of piperidine rings is 1. The van der Waals surface area contributed by atoms with Crippen molar-refractivity contribution in [1.29, 1.82) is 0 Å². The summed E-state index contributed by atoms with van der Waals surface area (Å²) >= 11 is 0. The number of fused-ring (bicyclic) bond motifs is 1. The molecular weight excluding hydrogens is 348 g/mol. The van der Waals surface area contributed by atoms with Gasteiger partial charge in [0, 0.05) is 17.9 Å². The van der Waals surface area contributed by atoms with Gasteiger partial charge in [0.25, 0.3) is 0 Å². The van der Waals surface area contributed by atoms with Crippen LogP contribution in [0.25, 0.3) is 0 Å². The Hall–Kier alpha value is -2.88. The van der Waals surface area contributed by atoms with E-state index in [4.69, 9.17) is 0 Å². The fraction of sp³-hybridized carbons (Fsp3) is 0.333. The summed E-state index contributed by atoms with van der Waals surface area (Å²) in [5.41, 5.74) is 4.04. The van der Waals surface area contributed by atoms with Crippen molar-refractivity contribution in [3.8, 4) is 0 Å². The third-order valence-corrected chi connectivity index (χ3v) is 6.08. The van der Waals surface area contributed by atoms with Crippen LogP contribution in [0, 0.1) is 31.6 Å². The maximum Gasteiger partial charge on any atom is 0.231 e. The molecule has 2 aliphatic rings. The van der Waals surface area contributed by atoms with Gasteiger partial charge in [-0.05, 0) is 68.0 Å². The Balaban J connectivity index is 1.56. The molecule has 3 atom stereocenters. The van der Waals surface area contributed by atoms with Gasteiger partial charge >= 0.3 is 0 Å². The van der Waals surface area contributed by atoms with E-state index in [0.29, 0.717) is 13.0 Å². The molecule has 2 amide bonds. The highest BCUT2D eigenvalue weighted by atomic mass is 16.2. The van der Waals surface area contributed by atoms with E-state index in [-0.39, 0.29) is 29.6 Å². The first-order valence-electron chi connectivity index (χ1n) is 9.96. The van der Waals surface area contributed by atoms with Gasteiger partial charge < -0.3 is 10.2 Å². The van der Waals surface area contributed by atoms with Crippen LogP contribution < -0.4 is 10.2 Å². The standard InChI is InChI=1S/C24H26N2O2/c1-16-11-12-19(15-17(16)2)25-23(27)21-10-6-7-18-13-14-26(24(28)22(18)21)20-8-4-3-5-9-20/h3-9,11-12,15,18,21-22H,10,13-14H2,1-2H3,(H,25,27)/t18?,21-,22?/m0/s1. The van der Waals surface area contributed by atoms with Crippen molar-refractivity contribution < 1.29 is 9.59 Å². The number of carbonyl (C=O) groups is 2. The molecule has 1 aliphatic carbocycles. The summed E-state index contributed by atoms with van der Waals surface area (Å²) in [7, 11) is 0. The van der Waals surface area contributed by atoms with E-state index in [2.05, 4.69) is 24.4 Å². The summed E-state index contributed by atoms with van der Waals surface area (Å²) < 4.78 is 0. The van der Waals surface area contributed by atoms with Crippen molar-refractivity contribution >= 4 is 23.2 Å². The van der Waals surface area contributed by atoms with E-state index in [1.807, 2.05) is 60.4 Å². The summed E-state index contributed by atoms with van der Waals surface area (Å²) in [6, 6.07) is 15.7. The lowest BCUT2D eigenvalue weighted by atomic mass is 9.71. The van der Waals surface area contributed by atoms with E-state index >= 15 is 0 Å². The molecule has 4 nitrogen and oxygen atoms in total. The van der Waals surface area contributed by atoms with Crippen LogP contribution in [0.3, 0.4) is 0 Å². The molecule has 4 rings (SSSR count). The molecule has 1 heterocycles. The third-order valence-electron chi connectivity index (χ3n) is 6.08. The molecular formula is C24H26N2O2. The maximum absolute atomic E-state index is 13.3. The second kappa shape index (κ2) is 7.63. The maximum atomic E-state index is 13.3. The van der Waals surface area contributed by atoms with Gasteiger partial charge in [-0.2, -0.15) is 0 Å². The van der Waals surface area contributed by atoms with Crippen LogP contribution in [0.4, 0.5) is 11.4 Å². The first-order chi connectivity index (χ1) is 13.5. The number of nitrogens with zero attached hydrogens (tertiary/aromatic N) is 1. The second-order valence-electron chi connectivity index (χ2n) is 7.86. The van der Waals surface area contributed by atoms with Crippen LogP contribution in [0.2, 0.25) is 0 Å². The lowest BCUT2D eigenvalue weighted by Gasteiger charge is -2.41. The SMILES string of the molecule is Cc1ccc(NC(=O)[C@H]2CC=CC3CCN(c4ccccc4)C(=O)C32)cc1C. The number of carbonyl (C=O) groups excluding carboxylic acids is 2. The van der Waals surface area contributed by atoms with E-state index in [9.17, 15) is 9.59 Å². The number of allylic oxidation sites excluding steroid dienone is 2. The number of nitrogens with one attached hydrogen (secondary N) is 1. The molecule has 1 N–H and O–H groups in total. The highest BCUT2D eigenvalue weighted by molar-refractivity contribution is 6.02. The zero-order valence-corrected chi connectivity index (χ0v) is 16.4. The molecule has 1 fully saturated rings. The summed E-state index contributed by atoms with van der Waals surface area (Å²) in [5.74, 6) is -0.504. The normalized spacial score (nSPS) is 24.0. The summed E-state index contributed by atoms with van der Waals surface area (Å²) in [6.45, 7) is 4.78. The Morgan fingerprint density at radius 2 is 1.86 bits per heavy atom. The van der Waals surface area contributed by atoms with E-state index < -0.39 is 0 Å². The zero-order chi connectivity index (χ0) is 19.7. The predicted molar refractivity (Wildman–Crippen MR) is 112 cm³/mol. The highest BCUT2D eigenvalue weighted by Crippen LogP contribution is 2.39. The van der Waals surface area contributed by atoms with E-state index in [1.165, 1.54) is 5.56 Å². The van der Waals surface area contributed by atoms with Crippen molar-refractivity contribution in [2.45, 2.75) is 26.7 Å². The number of rotatable bonds is 3. The lowest BCUT2D eigenvalue weighted by molar-refractivity contribution is -0.133. The number of benzene rings is 2. The molecule has 0 spiro atoms. The summed E-state index contributed by atoms with van der Waals surface area (Å²) in [4.78, 5) is 28.3. The van der Waals surface area contributed by atoms with E-state index in [0.717, 1.165) is 23.4 Å². The minimum Gasteiger partial charge on any atom is -0.326 e. The van der Waals surface area contributed by atoms with Gasteiger partial charge in [-0.15, -0.1) is 0 Å². The fourth-order valence-electron chi connectivity index (χ4n) is 4.35. The van der Waals surface area contributed by atoms with Crippen LogP contribution >= 0.6 is 0 Å². The van der Waals surface area contributed by atoms with Crippen LogP contribution in [-0.2, 0) is 9.59 Å². The Morgan fingerprint density at radius 3 is 2.61 bits per heavy atom. The molecule has 28 heavy (non-hydrogen) atoms. The number of anilines is 2. The number of hydrogen-bond acceptors (Lipinski definition) is 2. The minimum atomic E-state index is -0.337. The molecule has 2 unspecified atom stereocenters. The molecule has 144 valence electrons. The third kappa shape index (κ3) is 3.47. The highest BCUT2D eigenvalue weighted by Gasteiger charge is 2.44. The van der Waals surface area contributed by atoms with Crippen LogP contribution in [0.15, 0.2) is 60.7 Å². The van der Waals surface area contributed by atoms with E-state index in [1.54, 1.807) is 0 Å². The number of hydrogen-bond donors (Lipinski definition) is 1. The molecule has 4 heteroatoms. The van der Waals surface area contributed by atoms with Crippen LogP contribution in [0.1, 0.15) is 24.0 Å². The molecule has 0 saturated carbocycles. The van der Waals surface area contributed by atoms with Crippen LogP contribution in [0.5, 0.6) is 0 Å². The topological polar surface area (TPSA) is 49.4 Å². The Kier molecular flexibility index (Phi) is 5.03. The van der Waals surface area contributed by atoms with Gasteiger partial charge in [-0.1, -0.05) is 36.4 Å². The molecule has 0 aromatic heterocycles. The molecule has 0 bridgehead atoms. The predicted octanol–water partition coefficient (Wildman–Crippen LogP) is 4.49. The van der Waals surface area contributed by atoms with Gasteiger partial charge in [0.15, 0.2) is 0 Å². The Morgan fingerprint density at radius 1 is 1.07 bits per heavy atom. The van der Waals surface area contributed by atoms with Crippen molar-refractivity contribution in [3.63, 3.8) is 0 Å². The second-order valence-corrected chi connectivity index (χ2v) is 7.86. The first kappa shape index (κ1) is 18.5. The summed E-state index contributed by atoms with van der Waals surface area (Å²) in [6.07, 6.45) is 5.68. The van der Waals surface area contributed by atoms with Crippen molar-refractivity contribution in [2.24, 2.45) is 17.8 Å². The minimum absolute atomic E-state index is 0.0621. The molecule has 2 aromatic rings. The number of aryl methyl sites for hydroxylation is 2. The van der Waals surface area contributed by atoms with Gasteiger partial charge in [-0.25, -0.2) is 0 Å². The van der Waals surface area contributed by atoms with Crippen LogP contribution in [-0.4, -0.2) is 18.4 Å². The first-order valence-corrected chi connectivity index (χ1v) is 9.96. The van der Waals surface area contributed by atoms with Gasteiger partial charge in [0.2, 0.25) is 11.8 Å². The average Bonchev–Trinajstić information content (AvgIpc) is 2.71. The van der Waals surface area contributed by atoms with Gasteiger partial charge in [0.1, 0.15) is 0 Å². The quantitative estimate of drug-likeness (QED) is 0.805. The lowest BCUT2D eigenvalue weighted by Crippen LogP contribution is -2.51. The number of para-hydroxylation sites is 1. The molecule has 1 saturated heterocycles.